The van der Waals surface area contributed by atoms with E-state index in [4.69, 9.17) is 15.7 Å². The monoisotopic (exact) mass is 316 g/mol. The highest BCUT2D eigenvalue weighted by molar-refractivity contribution is 9.10. The van der Waals surface area contributed by atoms with Crippen LogP contribution in [0.4, 0.5) is 5.69 Å². The van der Waals surface area contributed by atoms with Gasteiger partial charge in [-0.2, -0.15) is 5.26 Å². The summed E-state index contributed by atoms with van der Waals surface area (Å²) in [4.78, 5) is 0. The topological polar surface area (TPSA) is 59.0 Å². The first-order valence-corrected chi connectivity index (χ1v) is 6.66. The van der Waals surface area contributed by atoms with Crippen LogP contribution in [0, 0.1) is 11.3 Å². The molecule has 0 saturated carbocycles. The van der Waals surface area contributed by atoms with Crippen molar-refractivity contribution >= 4 is 21.6 Å². The van der Waals surface area contributed by atoms with E-state index in [1.807, 2.05) is 24.3 Å². The molecule has 0 heterocycles. The van der Waals surface area contributed by atoms with Crippen LogP contribution in [0.5, 0.6) is 5.75 Å². The smallest absolute Gasteiger partial charge is 0.120 e. The van der Waals surface area contributed by atoms with E-state index in [2.05, 4.69) is 22.0 Å². The van der Waals surface area contributed by atoms with Crippen molar-refractivity contribution in [3.05, 3.63) is 58.1 Å². The predicted molar refractivity (Wildman–Crippen MR) is 78.9 cm³/mol. The molecule has 96 valence electrons. The first kappa shape index (κ1) is 13.4. The maximum atomic E-state index is 8.83. The van der Waals surface area contributed by atoms with Gasteiger partial charge in [-0.05, 0) is 45.8 Å². The molecule has 0 saturated heterocycles. The Bertz CT molecular complexity index is 620. The molecule has 0 aliphatic heterocycles. The second-order valence-electron chi connectivity index (χ2n) is 4.05. The van der Waals surface area contributed by atoms with Gasteiger partial charge in [-0.1, -0.05) is 18.2 Å². The third kappa shape index (κ3) is 3.49. The number of anilines is 1. The van der Waals surface area contributed by atoms with Crippen molar-refractivity contribution in [3.8, 4) is 11.8 Å². The highest BCUT2D eigenvalue weighted by atomic mass is 79.9. The summed E-state index contributed by atoms with van der Waals surface area (Å²) in [5.41, 5.74) is 8.32. The van der Waals surface area contributed by atoms with E-state index >= 15 is 0 Å². The number of nitrogens with two attached hydrogens (primary N) is 1. The fourth-order valence-corrected chi connectivity index (χ4v) is 2.16. The summed E-state index contributed by atoms with van der Waals surface area (Å²) in [5, 5.41) is 8.83. The number of para-hydroxylation sites is 1. The maximum absolute atomic E-state index is 8.83. The quantitative estimate of drug-likeness (QED) is 0.878. The lowest BCUT2D eigenvalue weighted by molar-refractivity contribution is 0.322. The minimum absolute atomic E-state index is 0.548. The summed E-state index contributed by atoms with van der Waals surface area (Å²) < 4.78 is 6.39. The summed E-state index contributed by atoms with van der Waals surface area (Å²) >= 11 is 3.33. The van der Waals surface area contributed by atoms with Crippen LogP contribution in [0.2, 0.25) is 0 Å². The van der Waals surface area contributed by atoms with E-state index in [0.29, 0.717) is 12.2 Å². The van der Waals surface area contributed by atoms with E-state index < -0.39 is 0 Å². The molecule has 19 heavy (non-hydrogen) atoms. The van der Waals surface area contributed by atoms with Gasteiger partial charge >= 0.3 is 0 Å². The van der Waals surface area contributed by atoms with E-state index in [0.717, 1.165) is 27.9 Å². The largest absolute Gasteiger partial charge is 0.493 e. The molecule has 0 aromatic heterocycles. The van der Waals surface area contributed by atoms with Gasteiger partial charge in [0.2, 0.25) is 0 Å². The molecule has 0 unspecified atom stereocenters. The zero-order valence-corrected chi connectivity index (χ0v) is 11.9. The fourth-order valence-electron chi connectivity index (χ4n) is 1.72. The van der Waals surface area contributed by atoms with Crippen molar-refractivity contribution in [2.75, 3.05) is 12.3 Å². The van der Waals surface area contributed by atoms with Crippen LogP contribution in [-0.2, 0) is 6.42 Å². The lowest BCUT2D eigenvalue weighted by Crippen LogP contribution is -2.03. The van der Waals surface area contributed by atoms with Gasteiger partial charge in [0.1, 0.15) is 11.8 Å². The van der Waals surface area contributed by atoms with Crippen LogP contribution in [0.1, 0.15) is 11.1 Å². The number of hydrogen-bond donors (Lipinski definition) is 1. The first-order chi connectivity index (χ1) is 9.20. The molecule has 0 bridgehead atoms. The van der Waals surface area contributed by atoms with E-state index in [-0.39, 0.29) is 0 Å². The second-order valence-corrected chi connectivity index (χ2v) is 4.91. The minimum Gasteiger partial charge on any atom is -0.493 e. The number of nitrogens with zero attached hydrogens (tertiary/aromatic N) is 1. The SMILES string of the molecule is N#Cc1ccc(OCCc2ccccc2N)cc1Br. The normalized spacial score (nSPS) is 9.89. The first-order valence-electron chi connectivity index (χ1n) is 5.86. The second kappa shape index (κ2) is 6.26. The Hall–Kier alpha value is -1.99. The lowest BCUT2D eigenvalue weighted by Gasteiger charge is -2.08. The Labute approximate surface area is 120 Å². The van der Waals surface area contributed by atoms with Gasteiger partial charge in [-0.3, -0.25) is 0 Å². The number of hydrogen-bond acceptors (Lipinski definition) is 3. The summed E-state index contributed by atoms with van der Waals surface area (Å²) in [6.45, 7) is 0.548. The molecule has 0 amide bonds. The van der Waals surface area contributed by atoms with Crippen molar-refractivity contribution in [1.82, 2.24) is 0 Å². The lowest BCUT2D eigenvalue weighted by atomic mass is 10.1. The number of nitriles is 1. The predicted octanol–water partition coefficient (Wildman–Crippen LogP) is 3.52. The van der Waals surface area contributed by atoms with Crippen LogP contribution < -0.4 is 10.5 Å². The highest BCUT2D eigenvalue weighted by Crippen LogP contribution is 2.22. The van der Waals surface area contributed by atoms with Gasteiger partial charge in [0.25, 0.3) is 0 Å². The summed E-state index contributed by atoms with van der Waals surface area (Å²) in [5.74, 6) is 0.736. The Balaban J connectivity index is 1.95. The van der Waals surface area contributed by atoms with Gasteiger partial charge in [0.15, 0.2) is 0 Å². The molecular formula is C15H13BrN2O. The van der Waals surface area contributed by atoms with Crippen molar-refractivity contribution in [1.29, 1.82) is 5.26 Å². The zero-order valence-electron chi connectivity index (χ0n) is 10.3. The molecule has 3 nitrogen and oxygen atoms in total. The Kier molecular flexibility index (Phi) is 4.43. The molecule has 0 spiro atoms. The van der Waals surface area contributed by atoms with Crippen LogP contribution >= 0.6 is 15.9 Å². The van der Waals surface area contributed by atoms with Crippen molar-refractivity contribution in [3.63, 3.8) is 0 Å². The van der Waals surface area contributed by atoms with Crippen molar-refractivity contribution in [2.24, 2.45) is 0 Å². The summed E-state index contributed by atoms with van der Waals surface area (Å²) in [6.07, 6.45) is 0.754. The van der Waals surface area contributed by atoms with Gasteiger partial charge in [-0.25, -0.2) is 0 Å². The van der Waals surface area contributed by atoms with Gasteiger partial charge < -0.3 is 10.5 Å². The molecule has 0 radical (unpaired) electrons. The molecule has 4 heteroatoms. The molecule has 2 rings (SSSR count). The molecule has 2 aromatic carbocycles. The summed E-state index contributed by atoms with van der Waals surface area (Å²) in [7, 11) is 0. The van der Waals surface area contributed by atoms with Crippen LogP contribution in [0.3, 0.4) is 0 Å². The van der Waals surface area contributed by atoms with Gasteiger partial charge in [-0.15, -0.1) is 0 Å². The number of rotatable bonds is 4. The fraction of sp³-hybridized carbons (Fsp3) is 0.133. The van der Waals surface area contributed by atoms with Crippen molar-refractivity contribution in [2.45, 2.75) is 6.42 Å². The van der Waals surface area contributed by atoms with Crippen LogP contribution in [0.15, 0.2) is 46.9 Å². The van der Waals surface area contributed by atoms with E-state index in [1.54, 1.807) is 18.2 Å². The van der Waals surface area contributed by atoms with Crippen molar-refractivity contribution < 1.29 is 4.74 Å². The van der Waals surface area contributed by atoms with E-state index in [1.165, 1.54) is 0 Å². The summed E-state index contributed by atoms with van der Waals surface area (Å²) in [6, 6.07) is 15.2. The number of nitrogen functional groups attached to an aromatic ring is 1. The zero-order chi connectivity index (χ0) is 13.7. The third-order valence-corrected chi connectivity index (χ3v) is 3.41. The average Bonchev–Trinajstić information content (AvgIpc) is 2.41. The molecule has 0 atom stereocenters. The third-order valence-electron chi connectivity index (χ3n) is 2.76. The average molecular weight is 317 g/mol. The highest BCUT2D eigenvalue weighted by Gasteiger charge is 2.02. The number of benzene rings is 2. The molecule has 2 aromatic rings. The van der Waals surface area contributed by atoms with E-state index in [9.17, 15) is 0 Å². The maximum Gasteiger partial charge on any atom is 0.120 e. The molecular weight excluding hydrogens is 304 g/mol. The molecule has 0 aliphatic rings. The van der Waals surface area contributed by atoms with Gasteiger partial charge in [0, 0.05) is 16.6 Å². The number of ether oxygens (including phenoxy) is 1. The molecule has 2 N–H and O–H groups in total. The molecule has 0 aliphatic carbocycles. The number of halogens is 1. The Morgan fingerprint density at radius 3 is 2.68 bits per heavy atom. The van der Waals surface area contributed by atoms with Crippen LogP contribution in [0.25, 0.3) is 0 Å². The van der Waals surface area contributed by atoms with Gasteiger partial charge in [0.05, 0.1) is 12.2 Å². The standard InChI is InChI=1S/C15H13BrN2O/c16-14-9-13(6-5-12(14)10-17)19-8-7-11-3-1-2-4-15(11)18/h1-6,9H,7-8,18H2. The Morgan fingerprint density at radius 2 is 2.00 bits per heavy atom. The minimum atomic E-state index is 0.548. The Morgan fingerprint density at radius 1 is 1.21 bits per heavy atom. The molecule has 0 fully saturated rings. The van der Waals surface area contributed by atoms with Crippen LogP contribution in [-0.4, -0.2) is 6.61 Å².